The highest BCUT2D eigenvalue weighted by molar-refractivity contribution is 5.56. The van der Waals surface area contributed by atoms with Crippen molar-refractivity contribution < 1.29 is 9.13 Å². The van der Waals surface area contributed by atoms with Crippen LogP contribution in [0, 0.1) is 12.7 Å². The zero-order valence-electron chi connectivity index (χ0n) is 11.0. The molecule has 0 atom stereocenters. The van der Waals surface area contributed by atoms with Gasteiger partial charge >= 0.3 is 6.01 Å². The van der Waals surface area contributed by atoms with E-state index in [1.54, 1.807) is 19.1 Å². The average Bonchev–Trinajstić information content (AvgIpc) is 2.31. The Kier molecular flexibility index (Phi) is 3.59. The highest BCUT2D eigenvalue weighted by atomic mass is 19.1. The smallest absolute Gasteiger partial charge is 0.322 e. The number of aromatic nitrogens is 3. The van der Waals surface area contributed by atoms with Gasteiger partial charge in [0.25, 0.3) is 0 Å². The molecule has 6 heteroatoms. The lowest BCUT2D eigenvalue weighted by Crippen LogP contribution is -2.11. The normalized spacial score (nSPS) is 10.8. The summed E-state index contributed by atoms with van der Waals surface area (Å²) < 4.78 is 18.9. The van der Waals surface area contributed by atoms with Crippen LogP contribution in [0.3, 0.4) is 0 Å². The van der Waals surface area contributed by atoms with Gasteiger partial charge in [-0.2, -0.15) is 15.0 Å². The zero-order valence-corrected chi connectivity index (χ0v) is 11.0. The van der Waals surface area contributed by atoms with E-state index < -0.39 is 0 Å². The summed E-state index contributed by atoms with van der Waals surface area (Å²) in [5, 5.41) is 0. The summed E-state index contributed by atoms with van der Waals surface area (Å²) in [6.07, 6.45) is -0.0793. The van der Waals surface area contributed by atoms with E-state index in [9.17, 15) is 4.39 Å². The molecular formula is C13H15FN4O. The second-order valence-electron chi connectivity index (χ2n) is 4.43. The van der Waals surface area contributed by atoms with Crippen LogP contribution in [-0.4, -0.2) is 21.1 Å². The molecule has 0 amide bonds. The Bertz CT molecular complexity index is 601. The molecule has 1 aromatic carbocycles. The van der Waals surface area contributed by atoms with Gasteiger partial charge in [0.05, 0.1) is 6.10 Å². The van der Waals surface area contributed by atoms with Crippen molar-refractivity contribution in [2.45, 2.75) is 26.9 Å². The second kappa shape index (κ2) is 5.17. The third kappa shape index (κ3) is 3.15. The molecule has 2 N–H and O–H groups in total. The molecule has 2 rings (SSSR count). The molecule has 2 aromatic rings. The molecule has 0 aliphatic carbocycles. The predicted molar refractivity (Wildman–Crippen MR) is 70.1 cm³/mol. The Hall–Kier alpha value is -2.24. The van der Waals surface area contributed by atoms with Crippen LogP contribution in [0.15, 0.2) is 18.2 Å². The first kappa shape index (κ1) is 13.2. The van der Waals surface area contributed by atoms with Crippen LogP contribution in [0.4, 0.5) is 10.3 Å². The van der Waals surface area contributed by atoms with Crippen LogP contribution in [-0.2, 0) is 0 Å². The fourth-order valence-electron chi connectivity index (χ4n) is 1.50. The van der Waals surface area contributed by atoms with E-state index in [0.29, 0.717) is 17.0 Å². The third-order valence-electron chi connectivity index (χ3n) is 2.40. The van der Waals surface area contributed by atoms with Gasteiger partial charge in [-0.15, -0.1) is 0 Å². The monoisotopic (exact) mass is 262 g/mol. The topological polar surface area (TPSA) is 73.9 Å². The van der Waals surface area contributed by atoms with Gasteiger partial charge in [0.1, 0.15) is 5.82 Å². The standard InChI is InChI=1S/C13H15FN4O/c1-7(2)19-13-17-11(16-12(15)18-13)9-5-4-8(3)10(14)6-9/h4-7H,1-3H3,(H2,15,16,17,18). The molecule has 100 valence electrons. The van der Waals surface area contributed by atoms with Crippen molar-refractivity contribution in [3.8, 4) is 17.4 Å². The second-order valence-corrected chi connectivity index (χ2v) is 4.43. The molecule has 0 unspecified atom stereocenters. The van der Waals surface area contributed by atoms with E-state index in [2.05, 4.69) is 15.0 Å². The van der Waals surface area contributed by atoms with Crippen LogP contribution >= 0.6 is 0 Å². The van der Waals surface area contributed by atoms with Crippen molar-refractivity contribution in [3.05, 3.63) is 29.6 Å². The number of anilines is 1. The van der Waals surface area contributed by atoms with Crippen LogP contribution in [0.5, 0.6) is 6.01 Å². The van der Waals surface area contributed by atoms with Gasteiger partial charge in [0.2, 0.25) is 5.95 Å². The fraction of sp³-hybridized carbons (Fsp3) is 0.308. The van der Waals surface area contributed by atoms with Crippen LogP contribution in [0.1, 0.15) is 19.4 Å². The molecule has 19 heavy (non-hydrogen) atoms. The van der Waals surface area contributed by atoms with Crippen LogP contribution < -0.4 is 10.5 Å². The Morgan fingerprint density at radius 2 is 1.95 bits per heavy atom. The van der Waals surface area contributed by atoms with Crippen molar-refractivity contribution >= 4 is 5.95 Å². The fourth-order valence-corrected chi connectivity index (χ4v) is 1.50. The van der Waals surface area contributed by atoms with Gasteiger partial charge < -0.3 is 10.5 Å². The summed E-state index contributed by atoms with van der Waals surface area (Å²) in [6.45, 7) is 5.39. The van der Waals surface area contributed by atoms with E-state index >= 15 is 0 Å². The van der Waals surface area contributed by atoms with Gasteiger partial charge in [-0.1, -0.05) is 12.1 Å². The molecule has 0 bridgehead atoms. The third-order valence-corrected chi connectivity index (χ3v) is 2.40. The van der Waals surface area contributed by atoms with Crippen molar-refractivity contribution in [1.29, 1.82) is 0 Å². The van der Waals surface area contributed by atoms with E-state index in [0.717, 1.165) is 0 Å². The summed E-state index contributed by atoms with van der Waals surface area (Å²) in [5.74, 6) is 0.0199. The summed E-state index contributed by atoms with van der Waals surface area (Å²) >= 11 is 0. The number of hydrogen-bond acceptors (Lipinski definition) is 5. The lowest BCUT2D eigenvalue weighted by molar-refractivity contribution is 0.222. The number of nitrogen functional groups attached to an aromatic ring is 1. The molecule has 1 heterocycles. The van der Waals surface area contributed by atoms with Gasteiger partial charge in [0, 0.05) is 5.56 Å². The maximum Gasteiger partial charge on any atom is 0.322 e. The van der Waals surface area contributed by atoms with Gasteiger partial charge in [-0.25, -0.2) is 4.39 Å². The number of benzene rings is 1. The molecule has 0 fully saturated rings. The molecule has 0 spiro atoms. The Labute approximate surface area is 110 Å². The number of nitrogens with two attached hydrogens (primary N) is 1. The van der Waals surface area contributed by atoms with Gasteiger partial charge in [-0.05, 0) is 32.4 Å². The highest BCUT2D eigenvalue weighted by Crippen LogP contribution is 2.20. The summed E-state index contributed by atoms with van der Waals surface area (Å²) in [4.78, 5) is 12.0. The van der Waals surface area contributed by atoms with Crippen molar-refractivity contribution in [1.82, 2.24) is 15.0 Å². The van der Waals surface area contributed by atoms with Crippen molar-refractivity contribution in [3.63, 3.8) is 0 Å². The minimum atomic E-state index is -0.317. The quantitative estimate of drug-likeness (QED) is 0.919. The van der Waals surface area contributed by atoms with E-state index in [1.807, 2.05) is 13.8 Å². The Morgan fingerprint density at radius 3 is 2.58 bits per heavy atom. The number of hydrogen-bond donors (Lipinski definition) is 1. The Balaban J connectivity index is 2.43. The summed E-state index contributed by atoms with van der Waals surface area (Å²) in [5.41, 5.74) is 6.70. The first-order valence-corrected chi connectivity index (χ1v) is 5.90. The van der Waals surface area contributed by atoms with E-state index in [-0.39, 0.29) is 23.9 Å². The van der Waals surface area contributed by atoms with Crippen molar-refractivity contribution in [2.24, 2.45) is 0 Å². The predicted octanol–water partition coefficient (Wildman–Crippen LogP) is 2.36. The maximum atomic E-state index is 13.5. The number of rotatable bonds is 3. The lowest BCUT2D eigenvalue weighted by atomic mass is 10.1. The zero-order chi connectivity index (χ0) is 14.0. The number of ether oxygens (including phenoxy) is 1. The molecule has 1 aromatic heterocycles. The number of aryl methyl sites for hydroxylation is 1. The minimum absolute atomic E-state index is 0.0432. The first-order chi connectivity index (χ1) is 8.95. The molecule has 0 aliphatic heterocycles. The van der Waals surface area contributed by atoms with E-state index in [4.69, 9.17) is 10.5 Å². The van der Waals surface area contributed by atoms with Crippen LogP contribution in [0.25, 0.3) is 11.4 Å². The number of halogens is 1. The largest absolute Gasteiger partial charge is 0.461 e. The highest BCUT2D eigenvalue weighted by Gasteiger charge is 2.10. The van der Waals surface area contributed by atoms with E-state index in [1.165, 1.54) is 6.07 Å². The first-order valence-electron chi connectivity index (χ1n) is 5.90. The maximum absolute atomic E-state index is 13.5. The molecular weight excluding hydrogens is 247 g/mol. The molecule has 0 aliphatic rings. The van der Waals surface area contributed by atoms with Gasteiger partial charge in [0.15, 0.2) is 5.82 Å². The average molecular weight is 262 g/mol. The molecule has 0 saturated heterocycles. The number of nitrogens with zero attached hydrogens (tertiary/aromatic N) is 3. The molecule has 0 radical (unpaired) electrons. The SMILES string of the molecule is Cc1ccc(-c2nc(N)nc(OC(C)C)n2)cc1F. The molecule has 0 saturated carbocycles. The minimum Gasteiger partial charge on any atom is -0.461 e. The lowest BCUT2D eigenvalue weighted by Gasteiger charge is -2.09. The van der Waals surface area contributed by atoms with Crippen LogP contribution in [0.2, 0.25) is 0 Å². The molecule has 5 nitrogen and oxygen atoms in total. The van der Waals surface area contributed by atoms with Crippen molar-refractivity contribution in [2.75, 3.05) is 5.73 Å². The summed E-state index contributed by atoms with van der Waals surface area (Å²) in [6, 6.07) is 4.89. The van der Waals surface area contributed by atoms with Gasteiger partial charge in [-0.3, -0.25) is 0 Å². The Morgan fingerprint density at radius 1 is 1.21 bits per heavy atom. The summed E-state index contributed by atoms with van der Waals surface area (Å²) in [7, 11) is 0.